The predicted molar refractivity (Wildman–Crippen MR) is 67.3 cm³/mol. The number of carbonyl (C=O) groups excluding carboxylic acids is 2. The van der Waals surface area contributed by atoms with Crippen LogP contribution in [0.2, 0.25) is 0 Å². The number of ketones is 1. The maximum atomic E-state index is 11.4. The molecule has 96 valence electrons. The van der Waals surface area contributed by atoms with Gasteiger partial charge < -0.3 is 4.74 Å². The van der Waals surface area contributed by atoms with Crippen molar-refractivity contribution in [2.24, 2.45) is 0 Å². The fourth-order valence-corrected chi connectivity index (χ4v) is 1.99. The average Bonchev–Trinajstić information content (AvgIpc) is 2.38. The summed E-state index contributed by atoms with van der Waals surface area (Å²) in [6.45, 7) is 5.09. The molecule has 4 heteroatoms. The molecule has 4 nitrogen and oxygen atoms in total. The van der Waals surface area contributed by atoms with E-state index in [9.17, 15) is 9.59 Å². The number of likely N-dealkylation sites (tertiary alicyclic amines) is 1. The van der Waals surface area contributed by atoms with Crippen LogP contribution in [-0.2, 0) is 16.1 Å². The van der Waals surface area contributed by atoms with Crippen molar-refractivity contribution in [3.63, 3.8) is 0 Å². The Morgan fingerprint density at radius 3 is 2.39 bits per heavy atom. The quantitative estimate of drug-likeness (QED) is 0.762. The number of carbonyl (C=O) groups is 2. The number of methoxy groups -OCH3 is 1. The van der Waals surface area contributed by atoms with Gasteiger partial charge in [0.2, 0.25) is 0 Å². The molecule has 1 aromatic rings. The fourth-order valence-electron chi connectivity index (χ4n) is 1.99. The third-order valence-electron chi connectivity index (χ3n) is 3.56. The summed E-state index contributed by atoms with van der Waals surface area (Å²) in [5.41, 5.74) is 1.27. The van der Waals surface area contributed by atoms with E-state index in [4.69, 9.17) is 0 Å². The van der Waals surface area contributed by atoms with E-state index in [0.717, 1.165) is 12.1 Å². The molecule has 0 N–H and O–H groups in total. The molecule has 0 atom stereocenters. The van der Waals surface area contributed by atoms with E-state index in [1.807, 2.05) is 26.0 Å². The number of benzene rings is 1. The molecule has 0 amide bonds. The second-order valence-electron chi connectivity index (χ2n) is 5.03. The predicted octanol–water partition coefficient (Wildman–Crippen LogP) is 1.64. The summed E-state index contributed by atoms with van der Waals surface area (Å²) in [5.74, 6) is -0.0605. The zero-order valence-electron chi connectivity index (χ0n) is 10.9. The minimum Gasteiger partial charge on any atom is -0.465 e. The van der Waals surface area contributed by atoms with Gasteiger partial charge in [0.15, 0.2) is 5.78 Å². The first-order chi connectivity index (χ1) is 8.45. The van der Waals surface area contributed by atoms with Gasteiger partial charge in [-0.2, -0.15) is 0 Å². The van der Waals surface area contributed by atoms with E-state index >= 15 is 0 Å². The lowest BCUT2D eigenvalue weighted by Crippen LogP contribution is -2.63. The molecule has 0 spiro atoms. The number of esters is 1. The maximum absolute atomic E-state index is 11.4. The van der Waals surface area contributed by atoms with Gasteiger partial charge in [0.25, 0.3) is 0 Å². The maximum Gasteiger partial charge on any atom is 0.337 e. The smallest absolute Gasteiger partial charge is 0.337 e. The summed E-state index contributed by atoms with van der Waals surface area (Å²) in [6, 6.07) is 7.28. The van der Waals surface area contributed by atoms with Gasteiger partial charge in [-0.15, -0.1) is 0 Å². The van der Waals surface area contributed by atoms with Crippen LogP contribution in [0.1, 0.15) is 29.8 Å². The molecule has 1 saturated heterocycles. The highest BCUT2D eigenvalue weighted by Gasteiger charge is 2.44. The first-order valence-electron chi connectivity index (χ1n) is 5.91. The Morgan fingerprint density at radius 1 is 1.33 bits per heavy atom. The first kappa shape index (κ1) is 12.8. The second-order valence-corrected chi connectivity index (χ2v) is 5.03. The van der Waals surface area contributed by atoms with Crippen molar-refractivity contribution in [3.8, 4) is 0 Å². The van der Waals surface area contributed by atoms with Gasteiger partial charge in [-0.05, 0) is 31.5 Å². The van der Waals surface area contributed by atoms with Crippen LogP contribution in [0.25, 0.3) is 0 Å². The normalized spacial score (nSPS) is 18.3. The summed E-state index contributed by atoms with van der Waals surface area (Å²) < 4.78 is 4.64. The largest absolute Gasteiger partial charge is 0.465 e. The summed E-state index contributed by atoms with van der Waals surface area (Å²) >= 11 is 0. The Bertz CT molecular complexity index is 476. The lowest BCUT2D eigenvalue weighted by Gasteiger charge is -2.46. The number of Topliss-reactive ketones (excluding diaryl/α,β-unsaturated/α-hetero) is 1. The van der Waals surface area contributed by atoms with Crippen LogP contribution in [0.3, 0.4) is 0 Å². The molecule has 1 aliphatic rings. The van der Waals surface area contributed by atoms with Crippen molar-refractivity contribution in [2.75, 3.05) is 13.7 Å². The zero-order valence-corrected chi connectivity index (χ0v) is 10.9. The average molecular weight is 247 g/mol. The minimum atomic E-state index is -0.360. The van der Waals surface area contributed by atoms with Crippen LogP contribution in [0.15, 0.2) is 24.3 Å². The van der Waals surface area contributed by atoms with Crippen LogP contribution >= 0.6 is 0 Å². The molecule has 0 bridgehead atoms. The molecular weight excluding hydrogens is 230 g/mol. The van der Waals surface area contributed by atoms with E-state index in [2.05, 4.69) is 9.64 Å². The first-order valence-corrected chi connectivity index (χ1v) is 5.91. The van der Waals surface area contributed by atoms with Gasteiger partial charge in [-0.3, -0.25) is 9.69 Å². The zero-order chi connectivity index (χ0) is 13.3. The Labute approximate surface area is 107 Å². The lowest BCUT2D eigenvalue weighted by atomic mass is 9.87. The highest BCUT2D eigenvalue weighted by atomic mass is 16.5. The number of nitrogens with zero attached hydrogens (tertiary/aromatic N) is 1. The number of hydrogen-bond acceptors (Lipinski definition) is 4. The highest BCUT2D eigenvalue weighted by molar-refractivity contribution is 5.94. The topological polar surface area (TPSA) is 46.6 Å². The van der Waals surface area contributed by atoms with E-state index < -0.39 is 0 Å². The molecular formula is C14H17NO3. The molecule has 1 fully saturated rings. The third kappa shape index (κ3) is 2.16. The van der Waals surface area contributed by atoms with Crippen LogP contribution in [0.5, 0.6) is 0 Å². The Morgan fingerprint density at radius 2 is 1.94 bits per heavy atom. The van der Waals surface area contributed by atoms with Crippen molar-refractivity contribution < 1.29 is 14.3 Å². The molecule has 0 saturated carbocycles. The van der Waals surface area contributed by atoms with E-state index in [-0.39, 0.29) is 17.3 Å². The van der Waals surface area contributed by atoms with Crippen LogP contribution < -0.4 is 0 Å². The van der Waals surface area contributed by atoms with E-state index in [1.54, 1.807) is 12.1 Å². The van der Waals surface area contributed by atoms with Gasteiger partial charge >= 0.3 is 5.97 Å². The Hall–Kier alpha value is -1.68. The number of ether oxygens (including phenoxy) is 1. The highest BCUT2D eigenvalue weighted by Crippen LogP contribution is 2.27. The second kappa shape index (κ2) is 4.53. The SMILES string of the molecule is COC(=O)c1ccc(CN2CC(=O)C2(C)C)cc1. The third-order valence-corrected chi connectivity index (χ3v) is 3.56. The molecule has 1 aromatic carbocycles. The van der Waals surface area contributed by atoms with Gasteiger partial charge in [-0.1, -0.05) is 12.1 Å². The molecule has 0 aliphatic carbocycles. The number of hydrogen-bond donors (Lipinski definition) is 0. The number of rotatable bonds is 3. The molecule has 1 heterocycles. The van der Waals surface area contributed by atoms with E-state index in [0.29, 0.717) is 12.1 Å². The fraction of sp³-hybridized carbons (Fsp3) is 0.429. The van der Waals surface area contributed by atoms with Gasteiger partial charge in [0, 0.05) is 6.54 Å². The van der Waals surface area contributed by atoms with Crippen molar-refractivity contribution in [1.82, 2.24) is 4.90 Å². The minimum absolute atomic E-state index is 0.272. The molecule has 2 rings (SSSR count). The standard InChI is InChI=1S/C14H17NO3/c1-14(2)12(16)9-15(14)8-10-4-6-11(7-5-10)13(17)18-3/h4-7H,8-9H2,1-3H3. The summed E-state index contributed by atoms with van der Waals surface area (Å²) in [6.07, 6.45) is 0. The summed E-state index contributed by atoms with van der Waals surface area (Å²) in [5, 5.41) is 0. The summed E-state index contributed by atoms with van der Waals surface area (Å²) in [7, 11) is 1.37. The van der Waals surface area contributed by atoms with Crippen molar-refractivity contribution in [1.29, 1.82) is 0 Å². The molecule has 0 radical (unpaired) electrons. The Balaban J connectivity index is 2.04. The monoisotopic (exact) mass is 247 g/mol. The van der Waals surface area contributed by atoms with Crippen LogP contribution in [0.4, 0.5) is 0 Å². The molecule has 0 unspecified atom stereocenters. The Kier molecular flexibility index (Phi) is 3.22. The van der Waals surface area contributed by atoms with Gasteiger partial charge in [0.05, 0.1) is 24.8 Å². The van der Waals surface area contributed by atoms with Gasteiger partial charge in [0.1, 0.15) is 0 Å². The van der Waals surface area contributed by atoms with Crippen LogP contribution in [0, 0.1) is 0 Å². The van der Waals surface area contributed by atoms with Crippen molar-refractivity contribution in [3.05, 3.63) is 35.4 Å². The summed E-state index contributed by atoms with van der Waals surface area (Å²) in [4.78, 5) is 24.8. The molecule has 1 aliphatic heterocycles. The van der Waals surface area contributed by atoms with Crippen molar-refractivity contribution >= 4 is 11.8 Å². The lowest BCUT2D eigenvalue weighted by molar-refractivity contribution is -0.145. The van der Waals surface area contributed by atoms with Crippen molar-refractivity contribution in [2.45, 2.75) is 25.9 Å². The van der Waals surface area contributed by atoms with Gasteiger partial charge in [-0.25, -0.2) is 4.79 Å². The molecule has 0 aromatic heterocycles. The van der Waals surface area contributed by atoms with E-state index in [1.165, 1.54) is 7.11 Å². The van der Waals surface area contributed by atoms with Crippen LogP contribution in [-0.4, -0.2) is 35.8 Å². The molecule has 18 heavy (non-hydrogen) atoms.